The van der Waals surface area contributed by atoms with Gasteiger partial charge in [-0.15, -0.1) is 0 Å². The number of aromatic nitrogens is 3. The summed E-state index contributed by atoms with van der Waals surface area (Å²) in [5.74, 6) is 1.22. The first-order chi connectivity index (χ1) is 8.15. The molecule has 1 N–H and O–H groups in total. The molecule has 2 aromatic rings. The van der Waals surface area contributed by atoms with Crippen LogP contribution in [0.25, 0.3) is 0 Å². The van der Waals surface area contributed by atoms with E-state index >= 15 is 0 Å². The molecule has 0 aliphatic heterocycles. The molecule has 0 saturated heterocycles. The van der Waals surface area contributed by atoms with E-state index in [0.717, 1.165) is 14.6 Å². The van der Waals surface area contributed by atoms with Crippen molar-refractivity contribution in [1.82, 2.24) is 20.4 Å². The van der Waals surface area contributed by atoms with Crippen LogP contribution >= 0.6 is 31.9 Å². The highest BCUT2D eigenvalue weighted by molar-refractivity contribution is 9.11. The van der Waals surface area contributed by atoms with Crippen LogP contribution in [0.4, 0.5) is 0 Å². The lowest BCUT2D eigenvalue weighted by molar-refractivity contribution is 0.363. The van der Waals surface area contributed by atoms with E-state index in [1.807, 2.05) is 6.07 Å². The van der Waals surface area contributed by atoms with Crippen LogP contribution in [-0.4, -0.2) is 15.1 Å². The van der Waals surface area contributed by atoms with Gasteiger partial charge in [-0.25, -0.2) is 0 Å². The van der Waals surface area contributed by atoms with Crippen LogP contribution in [0.2, 0.25) is 0 Å². The Morgan fingerprint density at radius 3 is 2.82 bits per heavy atom. The molecule has 0 aliphatic carbocycles. The van der Waals surface area contributed by atoms with Gasteiger partial charge in [0.15, 0.2) is 5.82 Å². The number of aryl methyl sites for hydroxylation is 1. The normalized spacial score (nSPS) is 10.8. The van der Waals surface area contributed by atoms with Crippen molar-refractivity contribution in [3.8, 4) is 0 Å². The number of hydrogen-bond donors (Lipinski definition) is 1. The first kappa shape index (κ1) is 12.7. The Kier molecular flexibility index (Phi) is 4.25. The summed E-state index contributed by atoms with van der Waals surface area (Å²) in [6.45, 7) is 2.96. The molecule has 2 rings (SSSR count). The van der Waals surface area contributed by atoms with Gasteiger partial charge in [-0.2, -0.15) is 4.98 Å². The van der Waals surface area contributed by atoms with Crippen LogP contribution in [-0.2, 0) is 13.1 Å². The molecular weight excluding hydrogens is 352 g/mol. The zero-order valence-corrected chi connectivity index (χ0v) is 12.2. The fraction of sp³-hybridized carbons (Fsp3) is 0.300. The monoisotopic (exact) mass is 360 g/mol. The van der Waals surface area contributed by atoms with E-state index in [1.54, 1.807) is 13.1 Å². The number of hydrogen-bond acceptors (Lipinski definition) is 5. The van der Waals surface area contributed by atoms with Crippen LogP contribution in [0.15, 0.2) is 25.7 Å². The maximum absolute atomic E-state index is 4.99. The molecule has 0 unspecified atom stereocenters. The van der Waals surface area contributed by atoms with Gasteiger partial charge in [0.1, 0.15) is 0 Å². The van der Waals surface area contributed by atoms with E-state index in [-0.39, 0.29) is 0 Å². The van der Waals surface area contributed by atoms with E-state index in [2.05, 4.69) is 52.3 Å². The molecule has 0 radical (unpaired) electrons. The van der Waals surface area contributed by atoms with Crippen molar-refractivity contribution < 1.29 is 4.52 Å². The topological polar surface area (TPSA) is 63.8 Å². The molecule has 0 bridgehead atoms. The zero-order chi connectivity index (χ0) is 12.3. The smallest absolute Gasteiger partial charge is 0.240 e. The Morgan fingerprint density at radius 1 is 1.35 bits per heavy atom. The molecule has 0 aliphatic rings. The highest BCUT2D eigenvalue weighted by atomic mass is 79.9. The maximum Gasteiger partial charge on any atom is 0.240 e. The Hall–Kier alpha value is -0.790. The summed E-state index contributed by atoms with van der Waals surface area (Å²) in [6, 6.07) is 1.96. The number of rotatable bonds is 4. The average molecular weight is 362 g/mol. The van der Waals surface area contributed by atoms with Crippen molar-refractivity contribution >= 4 is 31.9 Å². The molecule has 5 nitrogen and oxygen atoms in total. The van der Waals surface area contributed by atoms with E-state index in [4.69, 9.17) is 4.52 Å². The minimum absolute atomic E-state index is 0.533. The van der Waals surface area contributed by atoms with Gasteiger partial charge < -0.3 is 9.84 Å². The van der Waals surface area contributed by atoms with Crippen molar-refractivity contribution in [2.24, 2.45) is 0 Å². The predicted octanol–water partition coefficient (Wildman–Crippen LogP) is 2.59. The molecule has 0 saturated carbocycles. The Bertz CT molecular complexity index is 515. The Morgan fingerprint density at radius 2 is 2.18 bits per heavy atom. The number of nitrogens with one attached hydrogen (secondary N) is 1. The minimum atomic E-state index is 0.533. The molecule has 0 fully saturated rings. The van der Waals surface area contributed by atoms with Gasteiger partial charge in [-0.3, -0.25) is 4.98 Å². The molecule has 90 valence electrons. The van der Waals surface area contributed by atoms with Gasteiger partial charge in [0, 0.05) is 21.7 Å². The van der Waals surface area contributed by atoms with Gasteiger partial charge in [0.25, 0.3) is 0 Å². The van der Waals surface area contributed by atoms with Crippen LogP contribution in [0.3, 0.4) is 0 Å². The standard InChI is InChI=1S/C10H10Br2N4O/c1-6-15-10(17-16-6)5-13-4-9-8(12)2-7(11)3-14-9/h2-3,13H,4-5H2,1H3. The van der Waals surface area contributed by atoms with E-state index < -0.39 is 0 Å². The van der Waals surface area contributed by atoms with Gasteiger partial charge in [-0.1, -0.05) is 5.16 Å². The lowest BCUT2D eigenvalue weighted by Gasteiger charge is -2.04. The molecule has 0 atom stereocenters. The lowest BCUT2D eigenvalue weighted by Crippen LogP contribution is -2.14. The van der Waals surface area contributed by atoms with Gasteiger partial charge >= 0.3 is 0 Å². The summed E-state index contributed by atoms with van der Waals surface area (Å²) in [7, 11) is 0. The second kappa shape index (κ2) is 5.70. The van der Waals surface area contributed by atoms with Gasteiger partial charge in [-0.05, 0) is 44.8 Å². The summed E-state index contributed by atoms with van der Waals surface area (Å²) in [5.41, 5.74) is 0.935. The SMILES string of the molecule is Cc1noc(CNCc2ncc(Br)cc2Br)n1. The molecule has 2 heterocycles. The van der Waals surface area contributed by atoms with Crippen molar-refractivity contribution in [2.45, 2.75) is 20.0 Å². The largest absolute Gasteiger partial charge is 0.338 e. The van der Waals surface area contributed by atoms with E-state index in [9.17, 15) is 0 Å². The summed E-state index contributed by atoms with van der Waals surface area (Å²) in [5, 5.41) is 6.90. The van der Waals surface area contributed by atoms with Crippen molar-refractivity contribution in [2.75, 3.05) is 0 Å². The Balaban J connectivity index is 1.90. The van der Waals surface area contributed by atoms with E-state index in [0.29, 0.717) is 24.8 Å². The molecule has 0 aromatic carbocycles. The number of halogens is 2. The third-order valence-electron chi connectivity index (χ3n) is 2.02. The van der Waals surface area contributed by atoms with Crippen LogP contribution in [0, 0.1) is 6.92 Å². The highest BCUT2D eigenvalue weighted by Gasteiger charge is 2.04. The van der Waals surface area contributed by atoms with Crippen molar-refractivity contribution in [3.05, 3.63) is 38.6 Å². The first-order valence-corrected chi connectivity index (χ1v) is 6.53. The third kappa shape index (κ3) is 3.58. The quantitative estimate of drug-likeness (QED) is 0.906. The number of nitrogens with zero attached hydrogens (tertiary/aromatic N) is 3. The zero-order valence-electron chi connectivity index (χ0n) is 9.07. The summed E-state index contributed by atoms with van der Waals surface area (Å²) in [4.78, 5) is 8.39. The second-order valence-corrected chi connectivity index (χ2v) is 5.19. The summed E-state index contributed by atoms with van der Waals surface area (Å²) < 4.78 is 6.89. The Labute approximate surface area is 115 Å². The first-order valence-electron chi connectivity index (χ1n) is 4.95. The molecule has 2 aromatic heterocycles. The fourth-order valence-corrected chi connectivity index (χ4v) is 2.40. The molecule has 0 amide bonds. The van der Waals surface area contributed by atoms with Crippen LogP contribution in [0.5, 0.6) is 0 Å². The maximum atomic E-state index is 4.99. The molecule has 7 heteroatoms. The summed E-state index contributed by atoms with van der Waals surface area (Å²) in [6.07, 6.45) is 1.76. The van der Waals surface area contributed by atoms with Crippen molar-refractivity contribution in [1.29, 1.82) is 0 Å². The average Bonchev–Trinajstić information content (AvgIpc) is 2.68. The van der Waals surface area contributed by atoms with Crippen molar-refractivity contribution in [3.63, 3.8) is 0 Å². The van der Waals surface area contributed by atoms with Crippen LogP contribution in [0.1, 0.15) is 17.4 Å². The highest BCUT2D eigenvalue weighted by Crippen LogP contribution is 2.19. The third-order valence-corrected chi connectivity index (χ3v) is 3.14. The van der Waals surface area contributed by atoms with E-state index in [1.165, 1.54) is 0 Å². The van der Waals surface area contributed by atoms with Crippen LogP contribution < -0.4 is 5.32 Å². The second-order valence-electron chi connectivity index (χ2n) is 3.42. The lowest BCUT2D eigenvalue weighted by atomic mass is 10.3. The summed E-state index contributed by atoms with van der Waals surface area (Å²) >= 11 is 6.81. The minimum Gasteiger partial charge on any atom is -0.338 e. The molecule has 0 spiro atoms. The fourth-order valence-electron chi connectivity index (χ4n) is 1.27. The predicted molar refractivity (Wildman–Crippen MR) is 69.2 cm³/mol. The van der Waals surface area contributed by atoms with Gasteiger partial charge in [0.2, 0.25) is 5.89 Å². The number of pyridine rings is 1. The molecule has 17 heavy (non-hydrogen) atoms. The van der Waals surface area contributed by atoms with Gasteiger partial charge in [0.05, 0.1) is 12.2 Å². The molecular formula is C10H10Br2N4O.